The zero-order valence-corrected chi connectivity index (χ0v) is 11.3. The van der Waals surface area contributed by atoms with Crippen molar-refractivity contribution in [3.05, 3.63) is 52.2 Å². The Morgan fingerprint density at radius 2 is 1.95 bits per heavy atom. The number of carboxylic acids is 1. The van der Waals surface area contributed by atoms with Gasteiger partial charge < -0.3 is 10.4 Å². The lowest BCUT2D eigenvalue weighted by Gasteiger charge is -2.10. The second-order valence-electron chi connectivity index (χ2n) is 4.26. The highest BCUT2D eigenvalue weighted by atomic mass is 35.5. The maximum absolute atomic E-state index is 11.1. The van der Waals surface area contributed by atoms with E-state index in [0.29, 0.717) is 0 Å². The third-order valence-electron chi connectivity index (χ3n) is 2.86. The number of benzene rings is 1. The van der Waals surface area contributed by atoms with Gasteiger partial charge in [-0.1, -0.05) is 17.7 Å². The van der Waals surface area contributed by atoms with Crippen LogP contribution < -0.4 is 5.32 Å². The number of hydrogen-bond donors (Lipinski definition) is 2. The third kappa shape index (κ3) is 3.03. The van der Waals surface area contributed by atoms with Crippen LogP contribution in [0.25, 0.3) is 0 Å². The molecule has 0 fully saturated rings. The highest BCUT2D eigenvalue weighted by Crippen LogP contribution is 2.23. The number of halogens is 1. The van der Waals surface area contributed by atoms with Gasteiger partial charge in [-0.25, -0.2) is 9.78 Å². The number of hydrogen-bond acceptors (Lipinski definition) is 3. The molecule has 0 amide bonds. The molecule has 19 heavy (non-hydrogen) atoms. The minimum atomic E-state index is -1.05. The lowest BCUT2D eigenvalue weighted by atomic mass is 10.1. The molecule has 2 N–H and O–H groups in total. The second-order valence-corrected chi connectivity index (χ2v) is 4.65. The van der Waals surface area contributed by atoms with Gasteiger partial charge in [0.15, 0.2) is 0 Å². The quantitative estimate of drug-likeness (QED) is 0.837. The van der Waals surface area contributed by atoms with Crippen molar-refractivity contribution in [2.75, 3.05) is 5.32 Å². The number of nitrogens with one attached hydrogen (secondary N) is 1. The number of anilines is 2. The summed E-state index contributed by atoms with van der Waals surface area (Å²) in [4.78, 5) is 15.1. The van der Waals surface area contributed by atoms with E-state index in [0.717, 1.165) is 11.3 Å². The fourth-order valence-electron chi connectivity index (χ4n) is 1.66. The van der Waals surface area contributed by atoms with E-state index in [4.69, 9.17) is 16.7 Å². The van der Waals surface area contributed by atoms with Gasteiger partial charge in [0.1, 0.15) is 16.5 Å². The molecule has 1 aromatic carbocycles. The first-order valence-corrected chi connectivity index (χ1v) is 6.09. The van der Waals surface area contributed by atoms with Crippen molar-refractivity contribution < 1.29 is 9.90 Å². The summed E-state index contributed by atoms with van der Waals surface area (Å²) in [5, 5.41) is 12.3. The Morgan fingerprint density at radius 3 is 2.58 bits per heavy atom. The van der Waals surface area contributed by atoms with E-state index in [2.05, 4.69) is 10.3 Å². The normalized spacial score (nSPS) is 10.3. The average Bonchev–Trinajstić information content (AvgIpc) is 2.33. The van der Waals surface area contributed by atoms with Crippen molar-refractivity contribution in [2.45, 2.75) is 13.8 Å². The highest BCUT2D eigenvalue weighted by Gasteiger charge is 2.12. The minimum Gasteiger partial charge on any atom is -0.478 e. The van der Waals surface area contributed by atoms with Crippen LogP contribution >= 0.6 is 11.6 Å². The number of nitrogens with zero attached hydrogens (tertiary/aromatic N) is 1. The number of pyridine rings is 1. The molecule has 0 spiro atoms. The van der Waals surface area contributed by atoms with Crippen LogP contribution in [-0.4, -0.2) is 16.1 Å². The van der Waals surface area contributed by atoms with E-state index >= 15 is 0 Å². The molecular weight excluding hydrogens is 264 g/mol. The molecule has 2 rings (SSSR count). The van der Waals surface area contributed by atoms with Gasteiger partial charge in [0.2, 0.25) is 0 Å². The monoisotopic (exact) mass is 276 g/mol. The number of aryl methyl sites for hydroxylation is 2. The van der Waals surface area contributed by atoms with Crippen LogP contribution in [0.4, 0.5) is 11.5 Å². The fraction of sp³-hybridized carbons (Fsp3) is 0.143. The number of rotatable bonds is 3. The average molecular weight is 277 g/mol. The smallest absolute Gasteiger partial charge is 0.339 e. The maximum atomic E-state index is 11.1. The van der Waals surface area contributed by atoms with Crippen molar-refractivity contribution in [1.82, 2.24) is 4.98 Å². The topological polar surface area (TPSA) is 62.2 Å². The van der Waals surface area contributed by atoms with Gasteiger partial charge in [0.25, 0.3) is 0 Å². The zero-order chi connectivity index (χ0) is 14.0. The number of aromatic nitrogens is 1. The SMILES string of the molecule is Cc1ccc(Nc2nc(Cl)ccc2C(=O)O)cc1C. The van der Waals surface area contributed by atoms with Crippen molar-refractivity contribution in [3.63, 3.8) is 0 Å². The molecule has 0 bridgehead atoms. The first-order chi connectivity index (χ1) is 8.97. The Balaban J connectivity index is 2.39. The van der Waals surface area contributed by atoms with Gasteiger partial charge in [0, 0.05) is 5.69 Å². The van der Waals surface area contributed by atoms with Crippen molar-refractivity contribution in [2.24, 2.45) is 0 Å². The summed E-state index contributed by atoms with van der Waals surface area (Å²) in [5.74, 6) is -0.807. The Kier molecular flexibility index (Phi) is 3.71. The maximum Gasteiger partial charge on any atom is 0.339 e. The Morgan fingerprint density at radius 1 is 1.21 bits per heavy atom. The standard InChI is InChI=1S/C14H13ClN2O2/c1-8-3-4-10(7-9(8)2)16-13-11(14(18)19)5-6-12(15)17-13/h3-7H,1-2H3,(H,16,17)(H,18,19). The number of carboxylic acid groups (broad SMARTS) is 1. The molecule has 0 aliphatic carbocycles. The molecule has 2 aromatic rings. The molecule has 0 atom stereocenters. The van der Waals surface area contributed by atoms with Crippen molar-refractivity contribution >= 4 is 29.1 Å². The molecule has 0 unspecified atom stereocenters. The Bertz CT molecular complexity index is 641. The molecule has 4 nitrogen and oxygen atoms in total. The molecule has 5 heteroatoms. The summed E-state index contributed by atoms with van der Waals surface area (Å²) in [6, 6.07) is 8.65. The molecular formula is C14H13ClN2O2. The zero-order valence-electron chi connectivity index (χ0n) is 10.6. The molecule has 0 aliphatic heterocycles. The van der Waals surface area contributed by atoms with E-state index in [1.54, 1.807) is 0 Å². The predicted molar refractivity (Wildman–Crippen MR) is 75.4 cm³/mol. The lowest BCUT2D eigenvalue weighted by molar-refractivity contribution is 0.0697. The van der Waals surface area contributed by atoms with Crippen LogP contribution in [0.5, 0.6) is 0 Å². The molecule has 1 heterocycles. The van der Waals surface area contributed by atoms with Crippen LogP contribution in [-0.2, 0) is 0 Å². The Labute approximate surface area is 116 Å². The van der Waals surface area contributed by atoms with Crippen LogP contribution in [0.15, 0.2) is 30.3 Å². The Hall–Kier alpha value is -2.07. The molecule has 0 saturated carbocycles. The fourth-order valence-corrected chi connectivity index (χ4v) is 1.81. The van der Waals surface area contributed by atoms with Gasteiger partial charge in [-0.05, 0) is 49.2 Å². The van der Waals surface area contributed by atoms with Crippen molar-refractivity contribution in [3.8, 4) is 0 Å². The summed E-state index contributed by atoms with van der Waals surface area (Å²) >= 11 is 5.80. The van der Waals surface area contributed by atoms with Crippen LogP contribution in [0.1, 0.15) is 21.5 Å². The molecule has 0 aliphatic rings. The van der Waals surface area contributed by atoms with E-state index in [1.165, 1.54) is 17.7 Å². The number of carbonyl (C=O) groups is 1. The largest absolute Gasteiger partial charge is 0.478 e. The van der Waals surface area contributed by atoms with E-state index in [-0.39, 0.29) is 16.5 Å². The molecule has 0 saturated heterocycles. The van der Waals surface area contributed by atoms with Crippen LogP contribution in [0, 0.1) is 13.8 Å². The van der Waals surface area contributed by atoms with Gasteiger partial charge in [-0.3, -0.25) is 0 Å². The first kappa shape index (κ1) is 13.4. The van der Waals surface area contributed by atoms with Crippen molar-refractivity contribution in [1.29, 1.82) is 0 Å². The summed E-state index contributed by atoms with van der Waals surface area (Å²) in [6.45, 7) is 4.00. The van der Waals surface area contributed by atoms with E-state index < -0.39 is 5.97 Å². The summed E-state index contributed by atoms with van der Waals surface area (Å²) in [6.07, 6.45) is 0. The van der Waals surface area contributed by atoms with E-state index in [9.17, 15) is 4.79 Å². The van der Waals surface area contributed by atoms with Gasteiger partial charge in [-0.2, -0.15) is 0 Å². The van der Waals surface area contributed by atoms with Crippen LogP contribution in [0.3, 0.4) is 0 Å². The third-order valence-corrected chi connectivity index (χ3v) is 3.07. The van der Waals surface area contributed by atoms with Crippen LogP contribution in [0.2, 0.25) is 5.15 Å². The minimum absolute atomic E-state index is 0.0858. The molecule has 0 radical (unpaired) electrons. The van der Waals surface area contributed by atoms with E-state index in [1.807, 2.05) is 32.0 Å². The second kappa shape index (κ2) is 5.28. The number of aromatic carboxylic acids is 1. The van der Waals surface area contributed by atoms with Gasteiger partial charge >= 0.3 is 5.97 Å². The predicted octanol–water partition coefficient (Wildman–Crippen LogP) is 3.79. The summed E-state index contributed by atoms with van der Waals surface area (Å²) < 4.78 is 0. The summed E-state index contributed by atoms with van der Waals surface area (Å²) in [7, 11) is 0. The molecule has 1 aromatic heterocycles. The first-order valence-electron chi connectivity index (χ1n) is 5.71. The summed E-state index contributed by atoms with van der Waals surface area (Å²) in [5.41, 5.74) is 3.15. The van der Waals surface area contributed by atoms with Gasteiger partial charge in [-0.15, -0.1) is 0 Å². The lowest BCUT2D eigenvalue weighted by Crippen LogP contribution is -2.05. The highest BCUT2D eigenvalue weighted by molar-refractivity contribution is 6.29. The molecule has 98 valence electrons. The van der Waals surface area contributed by atoms with Gasteiger partial charge in [0.05, 0.1) is 0 Å².